The second kappa shape index (κ2) is 7.65. The molecule has 0 aliphatic heterocycles. The summed E-state index contributed by atoms with van der Waals surface area (Å²) in [7, 11) is 0. The number of amides is 2. The number of thiophene rings is 1. The molecule has 0 saturated carbocycles. The number of furan rings is 2. The minimum atomic E-state index is -0.670. The molecule has 2 amide bonds. The highest BCUT2D eigenvalue weighted by molar-refractivity contribution is 7.15. The van der Waals surface area contributed by atoms with Crippen molar-refractivity contribution in [3.05, 3.63) is 59.8 Å². The number of carbonyl (C=O) groups is 2. The Balaban J connectivity index is 1.41. The predicted molar refractivity (Wildman–Crippen MR) is 89.3 cm³/mol. The van der Waals surface area contributed by atoms with E-state index in [0.717, 1.165) is 15.3 Å². The molecule has 3 heterocycles. The molecule has 0 aliphatic rings. The number of rotatable bonds is 6. The van der Waals surface area contributed by atoms with Crippen LogP contribution in [0.3, 0.4) is 0 Å². The lowest BCUT2D eigenvalue weighted by Gasteiger charge is -2.04. The van der Waals surface area contributed by atoms with Crippen LogP contribution < -0.4 is 10.6 Å². The molecule has 2 N–H and O–H groups in total. The van der Waals surface area contributed by atoms with Gasteiger partial charge in [-0.2, -0.15) is 0 Å². The lowest BCUT2D eigenvalue weighted by molar-refractivity contribution is -0.139. The van der Waals surface area contributed by atoms with E-state index in [9.17, 15) is 9.59 Å². The van der Waals surface area contributed by atoms with Gasteiger partial charge in [-0.3, -0.25) is 9.59 Å². The van der Waals surface area contributed by atoms with Crippen molar-refractivity contribution < 1.29 is 18.4 Å². The average Bonchev–Trinajstić information content (AvgIpc) is 3.33. The molecule has 0 saturated heterocycles. The van der Waals surface area contributed by atoms with Crippen molar-refractivity contribution >= 4 is 23.2 Å². The largest absolute Gasteiger partial charge is 0.472 e. The molecule has 0 aromatic carbocycles. The maximum absolute atomic E-state index is 11.7. The van der Waals surface area contributed by atoms with Gasteiger partial charge in [-0.15, -0.1) is 11.3 Å². The van der Waals surface area contributed by atoms with Gasteiger partial charge in [0.05, 0.1) is 25.3 Å². The van der Waals surface area contributed by atoms with Crippen molar-refractivity contribution in [2.24, 2.45) is 0 Å². The third-order valence-electron chi connectivity index (χ3n) is 3.33. The van der Waals surface area contributed by atoms with Crippen LogP contribution >= 0.6 is 11.3 Å². The zero-order chi connectivity index (χ0) is 16.8. The van der Waals surface area contributed by atoms with Crippen LogP contribution in [-0.2, 0) is 22.6 Å². The molecule has 6 nitrogen and oxygen atoms in total. The van der Waals surface area contributed by atoms with Crippen LogP contribution in [0.2, 0.25) is 0 Å². The maximum atomic E-state index is 11.7. The zero-order valence-electron chi connectivity index (χ0n) is 12.8. The minimum absolute atomic E-state index is 0.193. The first kappa shape index (κ1) is 16.1. The summed E-state index contributed by atoms with van der Waals surface area (Å²) in [5.41, 5.74) is 1.03. The van der Waals surface area contributed by atoms with Crippen molar-refractivity contribution in [3.8, 4) is 10.4 Å². The Bertz CT molecular complexity index is 791. The van der Waals surface area contributed by atoms with Gasteiger partial charge in [0.1, 0.15) is 5.76 Å². The molecule has 3 rings (SSSR count). The average molecular weight is 344 g/mol. The molecule has 24 heavy (non-hydrogen) atoms. The topological polar surface area (TPSA) is 84.5 Å². The number of hydrogen-bond acceptors (Lipinski definition) is 5. The number of nitrogens with one attached hydrogen (secondary N) is 2. The van der Waals surface area contributed by atoms with Gasteiger partial charge in [0.2, 0.25) is 0 Å². The standard InChI is InChI=1S/C17H16N2O4S/c20-16(17(21)19-10-13-2-1-8-23-13)18-7-5-14-3-4-15(24-14)12-6-9-22-11-12/h1-4,6,8-9,11H,5,7,10H2,(H,18,20)(H,19,21). The second-order valence-electron chi connectivity index (χ2n) is 5.05. The molecule has 3 aromatic rings. The first-order valence-electron chi connectivity index (χ1n) is 7.42. The molecule has 3 aromatic heterocycles. The van der Waals surface area contributed by atoms with Gasteiger partial charge in [0, 0.05) is 21.9 Å². The van der Waals surface area contributed by atoms with Crippen LogP contribution in [0, 0.1) is 0 Å². The van der Waals surface area contributed by atoms with Gasteiger partial charge in [0.15, 0.2) is 0 Å². The SMILES string of the molecule is O=C(NCCc1ccc(-c2ccoc2)s1)C(=O)NCc1ccco1. The second-order valence-corrected chi connectivity index (χ2v) is 6.21. The Kier molecular flexibility index (Phi) is 5.12. The molecular weight excluding hydrogens is 328 g/mol. The Morgan fingerprint density at radius 3 is 2.67 bits per heavy atom. The van der Waals surface area contributed by atoms with Crippen molar-refractivity contribution in [3.63, 3.8) is 0 Å². The molecule has 0 radical (unpaired) electrons. The van der Waals surface area contributed by atoms with Gasteiger partial charge >= 0.3 is 11.8 Å². The van der Waals surface area contributed by atoms with E-state index in [1.165, 1.54) is 6.26 Å². The van der Waals surface area contributed by atoms with E-state index in [2.05, 4.69) is 10.6 Å². The predicted octanol–water partition coefficient (Wildman–Crippen LogP) is 2.58. The van der Waals surface area contributed by atoms with E-state index < -0.39 is 11.8 Å². The Hall–Kier alpha value is -2.80. The maximum Gasteiger partial charge on any atom is 0.309 e. The fourth-order valence-electron chi connectivity index (χ4n) is 2.11. The first-order valence-corrected chi connectivity index (χ1v) is 8.24. The fraction of sp³-hybridized carbons (Fsp3) is 0.176. The fourth-order valence-corrected chi connectivity index (χ4v) is 3.11. The van der Waals surface area contributed by atoms with Gasteiger partial charge in [-0.05, 0) is 36.8 Å². The molecule has 0 unspecified atom stereocenters. The molecule has 7 heteroatoms. The number of carbonyl (C=O) groups excluding carboxylic acids is 2. The quantitative estimate of drug-likeness (QED) is 0.673. The first-order chi connectivity index (χ1) is 11.7. The van der Waals surface area contributed by atoms with E-state index in [1.807, 2.05) is 18.2 Å². The normalized spacial score (nSPS) is 10.5. The number of hydrogen-bond donors (Lipinski definition) is 2. The Morgan fingerprint density at radius 2 is 1.92 bits per heavy atom. The monoisotopic (exact) mass is 344 g/mol. The summed E-state index contributed by atoms with van der Waals surface area (Å²) >= 11 is 1.63. The molecule has 0 spiro atoms. The van der Waals surface area contributed by atoms with Gasteiger partial charge in [-0.25, -0.2) is 0 Å². The smallest absolute Gasteiger partial charge is 0.309 e. The highest BCUT2D eigenvalue weighted by Crippen LogP contribution is 2.28. The summed E-state index contributed by atoms with van der Waals surface area (Å²) < 4.78 is 10.1. The van der Waals surface area contributed by atoms with Crippen molar-refractivity contribution in [1.82, 2.24) is 10.6 Å². The van der Waals surface area contributed by atoms with E-state index in [1.54, 1.807) is 36.0 Å². The zero-order valence-corrected chi connectivity index (χ0v) is 13.6. The van der Waals surface area contributed by atoms with Gasteiger partial charge in [-0.1, -0.05) is 0 Å². The summed E-state index contributed by atoms with van der Waals surface area (Å²) in [6, 6.07) is 9.38. The Morgan fingerprint density at radius 1 is 1.04 bits per heavy atom. The molecule has 124 valence electrons. The summed E-state index contributed by atoms with van der Waals surface area (Å²) in [6.07, 6.45) is 5.51. The van der Waals surface area contributed by atoms with E-state index in [-0.39, 0.29) is 6.54 Å². The van der Waals surface area contributed by atoms with Gasteiger partial charge < -0.3 is 19.5 Å². The van der Waals surface area contributed by atoms with Crippen molar-refractivity contribution in [2.75, 3.05) is 6.54 Å². The van der Waals surface area contributed by atoms with E-state index in [0.29, 0.717) is 18.7 Å². The van der Waals surface area contributed by atoms with Crippen LogP contribution in [0.4, 0.5) is 0 Å². The van der Waals surface area contributed by atoms with E-state index in [4.69, 9.17) is 8.83 Å². The third kappa shape index (κ3) is 4.14. The Labute approximate surface area is 142 Å². The summed E-state index contributed by atoms with van der Waals surface area (Å²) in [6.45, 7) is 0.594. The third-order valence-corrected chi connectivity index (χ3v) is 4.53. The highest BCUT2D eigenvalue weighted by Gasteiger charge is 2.13. The lowest BCUT2D eigenvalue weighted by Crippen LogP contribution is -2.40. The summed E-state index contributed by atoms with van der Waals surface area (Å²) in [5, 5.41) is 5.12. The van der Waals surface area contributed by atoms with Crippen LogP contribution in [0.5, 0.6) is 0 Å². The minimum Gasteiger partial charge on any atom is -0.472 e. The summed E-state index contributed by atoms with van der Waals surface area (Å²) in [4.78, 5) is 25.6. The van der Waals surface area contributed by atoms with Gasteiger partial charge in [0.25, 0.3) is 0 Å². The van der Waals surface area contributed by atoms with E-state index >= 15 is 0 Å². The molecule has 0 atom stereocenters. The molecular formula is C17H16N2O4S. The van der Waals surface area contributed by atoms with Crippen LogP contribution in [0.1, 0.15) is 10.6 Å². The lowest BCUT2D eigenvalue weighted by atomic mass is 10.3. The molecule has 0 fully saturated rings. The molecule has 0 bridgehead atoms. The van der Waals surface area contributed by atoms with Crippen LogP contribution in [-0.4, -0.2) is 18.4 Å². The summed E-state index contributed by atoms with van der Waals surface area (Å²) in [5.74, 6) is -0.716. The van der Waals surface area contributed by atoms with Crippen LogP contribution in [0.25, 0.3) is 10.4 Å². The molecule has 0 aliphatic carbocycles. The van der Waals surface area contributed by atoms with Crippen LogP contribution in [0.15, 0.2) is 58.0 Å². The highest BCUT2D eigenvalue weighted by atomic mass is 32.1. The van der Waals surface area contributed by atoms with Crippen molar-refractivity contribution in [2.45, 2.75) is 13.0 Å². The van der Waals surface area contributed by atoms with Crippen molar-refractivity contribution in [1.29, 1.82) is 0 Å².